The van der Waals surface area contributed by atoms with Crippen LogP contribution in [-0.4, -0.2) is 4.98 Å². The predicted molar refractivity (Wildman–Crippen MR) is 67.6 cm³/mol. The van der Waals surface area contributed by atoms with Crippen LogP contribution >= 0.6 is 11.6 Å². The third-order valence-corrected chi connectivity index (χ3v) is 2.97. The number of rotatable bonds is 2. The summed E-state index contributed by atoms with van der Waals surface area (Å²) in [4.78, 5) is 4.07. The van der Waals surface area contributed by atoms with Crippen LogP contribution in [0.15, 0.2) is 30.5 Å². The lowest BCUT2D eigenvalue weighted by Gasteiger charge is -2.08. The van der Waals surface area contributed by atoms with Crippen LogP contribution in [0.25, 0.3) is 0 Å². The first kappa shape index (κ1) is 11.9. The normalized spacial score (nSPS) is 10.5. The maximum Gasteiger partial charge on any atom is 0.142 e. The molecule has 0 aliphatic rings. The Morgan fingerprint density at radius 2 is 2.12 bits per heavy atom. The van der Waals surface area contributed by atoms with Gasteiger partial charge in [-0.2, -0.15) is 0 Å². The number of hydrogen-bond donors (Lipinski definition) is 1. The number of nitrogens with zero attached hydrogens (tertiary/aromatic N) is 1. The zero-order valence-corrected chi connectivity index (χ0v) is 10.1. The number of nitrogens with two attached hydrogens (primary N) is 1. The number of anilines is 1. The smallest absolute Gasteiger partial charge is 0.142 e. The van der Waals surface area contributed by atoms with E-state index in [1.807, 2.05) is 13.0 Å². The third kappa shape index (κ3) is 2.56. The van der Waals surface area contributed by atoms with Gasteiger partial charge in [-0.25, -0.2) is 9.37 Å². The van der Waals surface area contributed by atoms with Gasteiger partial charge in [0.25, 0.3) is 0 Å². The molecule has 2 rings (SSSR count). The molecular formula is C13H12ClFN2. The second-order valence-corrected chi connectivity index (χ2v) is 4.32. The lowest BCUT2D eigenvalue weighted by atomic mass is 10.0. The van der Waals surface area contributed by atoms with E-state index in [-0.39, 0.29) is 5.02 Å². The summed E-state index contributed by atoms with van der Waals surface area (Å²) >= 11 is 5.90. The van der Waals surface area contributed by atoms with Crippen molar-refractivity contribution in [3.8, 4) is 0 Å². The van der Waals surface area contributed by atoms with E-state index >= 15 is 0 Å². The molecule has 2 nitrogen and oxygen atoms in total. The molecule has 0 fully saturated rings. The van der Waals surface area contributed by atoms with Crippen LogP contribution in [0, 0.1) is 12.7 Å². The van der Waals surface area contributed by atoms with Gasteiger partial charge in [0.05, 0.1) is 5.02 Å². The van der Waals surface area contributed by atoms with Crippen LogP contribution in [-0.2, 0) is 6.42 Å². The Bertz CT molecular complexity index is 555. The average Bonchev–Trinajstić information content (AvgIpc) is 2.30. The molecule has 88 valence electrons. The monoisotopic (exact) mass is 250 g/mol. The van der Waals surface area contributed by atoms with E-state index in [0.29, 0.717) is 17.8 Å². The SMILES string of the molecule is Cc1cnc(N)c(Cc2cccc(F)c2Cl)c1. The Kier molecular flexibility index (Phi) is 3.29. The molecule has 2 aromatic rings. The number of aryl methyl sites for hydroxylation is 1. The van der Waals surface area contributed by atoms with Gasteiger partial charge in [-0.15, -0.1) is 0 Å². The minimum Gasteiger partial charge on any atom is -0.383 e. The fraction of sp³-hybridized carbons (Fsp3) is 0.154. The van der Waals surface area contributed by atoms with Crippen molar-refractivity contribution in [3.05, 3.63) is 58.0 Å². The van der Waals surface area contributed by atoms with E-state index in [1.54, 1.807) is 18.3 Å². The van der Waals surface area contributed by atoms with Crippen molar-refractivity contribution < 1.29 is 4.39 Å². The van der Waals surface area contributed by atoms with E-state index in [9.17, 15) is 4.39 Å². The predicted octanol–water partition coefficient (Wildman–Crippen LogP) is 3.36. The van der Waals surface area contributed by atoms with E-state index in [4.69, 9.17) is 17.3 Å². The highest BCUT2D eigenvalue weighted by Crippen LogP contribution is 2.24. The Morgan fingerprint density at radius 1 is 1.35 bits per heavy atom. The van der Waals surface area contributed by atoms with Crippen LogP contribution in [0.2, 0.25) is 5.02 Å². The lowest BCUT2D eigenvalue weighted by molar-refractivity contribution is 0.626. The van der Waals surface area contributed by atoms with Gasteiger partial charge in [-0.05, 0) is 29.7 Å². The molecule has 0 saturated heterocycles. The number of pyridine rings is 1. The molecule has 0 saturated carbocycles. The average molecular weight is 251 g/mol. The first-order valence-corrected chi connectivity index (χ1v) is 5.59. The van der Waals surface area contributed by atoms with Crippen LogP contribution < -0.4 is 5.73 Å². The quantitative estimate of drug-likeness (QED) is 0.888. The zero-order chi connectivity index (χ0) is 12.4. The van der Waals surface area contributed by atoms with Gasteiger partial charge in [0.2, 0.25) is 0 Å². The van der Waals surface area contributed by atoms with Crippen molar-refractivity contribution in [2.24, 2.45) is 0 Å². The second-order valence-electron chi connectivity index (χ2n) is 3.95. The highest BCUT2D eigenvalue weighted by atomic mass is 35.5. The minimum absolute atomic E-state index is 0.147. The van der Waals surface area contributed by atoms with E-state index in [0.717, 1.165) is 11.1 Å². The molecule has 2 N–H and O–H groups in total. The number of nitrogen functional groups attached to an aromatic ring is 1. The zero-order valence-electron chi connectivity index (χ0n) is 9.37. The number of benzene rings is 1. The van der Waals surface area contributed by atoms with Crippen LogP contribution in [0.1, 0.15) is 16.7 Å². The van der Waals surface area contributed by atoms with Gasteiger partial charge < -0.3 is 5.73 Å². The van der Waals surface area contributed by atoms with Gasteiger partial charge in [0.1, 0.15) is 11.6 Å². The van der Waals surface area contributed by atoms with Crippen molar-refractivity contribution in [3.63, 3.8) is 0 Å². The Hall–Kier alpha value is -1.61. The molecule has 0 spiro atoms. The summed E-state index contributed by atoms with van der Waals surface area (Å²) in [5.41, 5.74) is 8.37. The van der Waals surface area contributed by atoms with Crippen LogP contribution in [0.5, 0.6) is 0 Å². The third-order valence-electron chi connectivity index (χ3n) is 2.55. The molecule has 0 atom stereocenters. The first-order valence-electron chi connectivity index (χ1n) is 5.22. The minimum atomic E-state index is -0.414. The summed E-state index contributed by atoms with van der Waals surface area (Å²) in [6.45, 7) is 1.93. The van der Waals surface area contributed by atoms with Crippen molar-refractivity contribution in [1.29, 1.82) is 0 Å². The summed E-state index contributed by atoms with van der Waals surface area (Å²) in [5.74, 6) is 0.0410. The van der Waals surface area contributed by atoms with Crippen LogP contribution in [0.4, 0.5) is 10.2 Å². The Balaban J connectivity index is 2.38. The van der Waals surface area contributed by atoms with Gasteiger partial charge in [-0.3, -0.25) is 0 Å². The van der Waals surface area contributed by atoms with E-state index in [2.05, 4.69) is 4.98 Å². The largest absolute Gasteiger partial charge is 0.383 e. The van der Waals surface area contributed by atoms with E-state index < -0.39 is 5.82 Å². The molecule has 1 aromatic heterocycles. The Morgan fingerprint density at radius 3 is 2.88 bits per heavy atom. The molecule has 0 aliphatic carbocycles. The molecule has 17 heavy (non-hydrogen) atoms. The van der Waals surface area contributed by atoms with Crippen molar-refractivity contribution in [2.45, 2.75) is 13.3 Å². The first-order chi connectivity index (χ1) is 8.08. The van der Waals surface area contributed by atoms with Crippen molar-refractivity contribution >= 4 is 17.4 Å². The Labute approximate surface area is 104 Å². The van der Waals surface area contributed by atoms with Crippen molar-refractivity contribution in [1.82, 2.24) is 4.98 Å². The molecule has 1 aromatic carbocycles. The highest BCUT2D eigenvalue weighted by molar-refractivity contribution is 6.31. The van der Waals surface area contributed by atoms with Crippen molar-refractivity contribution in [2.75, 3.05) is 5.73 Å². The number of aromatic nitrogens is 1. The van der Waals surface area contributed by atoms with E-state index in [1.165, 1.54) is 6.07 Å². The molecule has 1 heterocycles. The molecule has 0 unspecified atom stereocenters. The molecule has 4 heteroatoms. The van der Waals surface area contributed by atoms with Gasteiger partial charge in [0.15, 0.2) is 0 Å². The lowest BCUT2D eigenvalue weighted by Crippen LogP contribution is -2.00. The topological polar surface area (TPSA) is 38.9 Å². The molecular weight excluding hydrogens is 239 g/mol. The van der Waals surface area contributed by atoms with Gasteiger partial charge >= 0.3 is 0 Å². The summed E-state index contributed by atoms with van der Waals surface area (Å²) in [7, 11) is 0. The standard InChI is InChI=1S/C13H12ClFN2/c1-8-5-10(13(16)17-7-8)6-9-3-2-4-11(15)12(9)14/h2-5,7H,6H2,1H3,(H2,16,17). The maximum absolute atomic E-state index is 13.3. The number of halogens is 2. The fourth-order valence-electron chi connectivity index (χ4n) is 1.67. The summed E-state index contributed by atoms with van der Waals surface area (Å²) in [6.07, 6.45) is 2.18. The molecule has 0 bridgehead atoms. The van der Waals surface area contributed by atoms with Crippen LogP contribution in [0.3, 0.4) is 0 Å². The molecule has 0 radical (unpaired) electrons. The fourth-order valence-corrected chi connectivity index (χ4v) is 1.86. The second kappa shape index (κ2) is 4.72. The summed E-state index contributed by atoms with van der Waals surface area (Å²) in [5, 5.41) is 0.147. The molecule has 0 amide bonds. The maximum atomic E-state index is 13.3. The van der Waals surface area contributed by atoms with Gasteiger partial charge in [0, 0.05) is 12.6 Å². The highest BCUT2D eigenvalue weighted by Gasteiger charge is 2.08. The summed E-state index contributed by atoms with van der Waals surface area (Å²) < 4.78 is 13.3. The number of hydrogen-bond acceptors (Lipinski definition) is 2. The van der Waals surface area contributed by atoms with Gasteiger partial charge in [-0.1, -0.05) is 29.8 Å². The molecule has 0 aliphatic heterocycles. The summed E-state index contributed by atoms with van der Waals surface area (Å²) in [6, 6.07) is 6.69.